The molecule has 0 fully saturated rings. The highest BCUT2D eigenvalue weighted by molar-refractivity contribution is 5.86. The van der Waals surface area contributed by atoms with Crippen LogP contribution >= 0.6 is 0 Å². The van der Waals surface area contributed by atoms with Crippen LogP contribution in [0.5, 0.6) is 0 Å². The highest BCUT2D eigenvalue weighted by atomic mass is 15.0. The van der Waals surface area contributed by atoms with Gasteiger partial charge in [0.1, 0.15) is 5.82 Å². The molecule has 2 nitrogen and oxygen atoms in total. The molecule has 4 rings (SSSR count). The maximum absolute atomic E-state index is 4.80. The normalized spacial score (nSPS) is 10.8. The van der Waals surface area contributed by atoms with Crippen molar-refractivity contribution in [3.8, 4) is 11.1 Å². The number of fused-ring (bicyclic) bond motifs is 1. The van der Waals surface area contributed by atoms with Crippen LogP contribution in [0.15, 0.2) is 78.9 Å². The molecule has 0 aliphatic heterocycles. The van der Waals surface area contributed by atoms with Crippen molar-refractivity contribution in [3.05, 3.63) is 90.0 Å². The predicted octanol–water partition coefficient (Wildman–Crippen LogP) is 6.26. The van der Waals surface area contributed by atoms with Crippen LogP contribution in [0.3, 0.4) is 0 Å². The lowest BCUT2D eigenvalue weighted by Gasteiger charge is -2.13. The molecule has 25 heavy (non-hydrogen) atoms. The number of aromatic nitrogens is 1. The monoisotopic (exact) mass is 324 g/mol. The fourth-order valence-electron chi connectivity index (χ4n) is 3.11. The van der Waals surface area contributed by atoms with Crippen LogP contribution in [0.4, 0.5) is 11.5 Å². The van der Waals surface area contributed by atoms with E-state index in [9.17, 15) is 0 Å². The zero-order chi connectivity index (χ0) is 17.2. The van der Waals surface area contributed by atoms with Crippen LogP contribution in [0.2, 0.25) is 0 Å². The molecule has 0 saturated carbocycles. The van der Waals surface area contributed by atoms with Crippen molar-refractivity contribution in [2.75, 3.05) is 5.32 Å². The van der Waals surface area contributed by atoms with Crippen molar-refractivity contribution in [3.63, 3.8) is 0 Å². The maximum Gasteiger partial charge on any atom is 0.134 e. The number of nitrogens with zero attached hydrogens (tertiary/aromatic N) is 1. The Balaban J connectivity index is 1.66. The van der Waals surface area contributed by atoms with Gasteiger partial charge in [-0.3, -0.25) is 0 Å². The first kappa shape index (κ1) is 15.4. The third-order valence-corrected chi connectivity index (χ3v) is 4.71. The van der Waals surface area contributed by atoms with Crippen molar-refractivity contribution < 1.29 is 0 Å². The molecule has 0 saturated heterocycles. The average molecular weight is 324 g/mol. The molecular formula is C23H20N2. The Morgan fingerprint density at radius 2 is 1.28 bits per heavy atom. The summed E-state index contributed by atoms with van der Waals surface area (Å²) in [6.45, 7) is 4.28. The van der Waals surface area contributed by atoms with Gasteiger partial charge in [-0.15, -0.1) is 0 Å². The van der Waals surface area contributed by atoms with Crippen LogP contribution in [-0.2, 0) is 0 Å². The molecule has 1 aromatic heterocycles. The number of aryl methyl sites for hydroxylation is 1. The first-order valence-corrected chi connectivity index (χ1v) is 8.51. The summed E-state index contributed by atoms with van der Waals surface area (Å²) in [6, 6.07) is 27.2. The summed E-state index contributed by atoms with van der Waals surface area (Å²) >= 11 is 0. The minimum atomic E-state index is 0.920. The second kappa shape index (κ2) is 6.40. The summed E-state index contributed by atoms with van der Waals surface area (Å²) < 4.78 is 0. The van der Waals surface area contributed by atoms with Gasteiger partial charge in [0.15, 0.2) is 0 Å². The van der Waals surface area contributed by atoms with Crippen LogP contribution in [0.25, 0.3) is 22.0 Å². The Morgan fingerprint density at radius 1 is 0.640 bits per heavy atom. The van der Waals surface area contributed by atoms with Crippen molar-refractivity contribution in [2.24, 2.45) is 0 Å². The van der Waals surface area contributed by atoms with E-state index in [-0.39, 0.29) is 0 Å². The Labute approximate surface area is 148 Å². The van der Waals surface area contributed by atoms with Crippen LogP contribution < -0.4 is 5.32 Å². The average Bonchev–Trinajstić information content (AvgIpc) is 2.67. The van der Waals surface area contributed by atoms with Gasteiger partial charge in [-0.25, -0.2) is 4.98 Å². The van der Waals surface area contributed by atoms with E-state index in [1.54, 1.807) is 0 Å². The summed E-state index contributed by atoms with van der Waals surface area (Å²) in [5.74, 6) is 0.920. The van der Waals surface area contributed by atoms with Gasteiger partial charge in [0.05, 0.1) is 5.52 Å². The largest absolute Gasteiger partial charge is 0.340 e. The molecule has 122 valence electrons. The second-order valence-corrected chi connectivity index (χ2v) is 6.30. The zero-order valence-electron chi connectivity index (χ0n) is 14.5. The molecule has 0 aliphatic carbocycles. The summed E-state index contributed by atoms with van der Waals surface area (Å²) in [5.41, 5.74) is 6.97. The molecule has 0 unspecified atom stereocenters. The van der Waals surface area contributed by atoms with E-state index in [2.05, 4.69) is 85.9 Å². The molecule has 0 amide bonds. The first-order valence-electron chi connectivity index (χ1n) is 8.51. The lowest BCUT2D eigenvalue weighted by Crippen LogP contribution is -1.99. The molecule has 3 aromatic carbocycles. The van der Waals surface area contributed by atoms with Gasteiger partial charge in [0, 0.05) is 11.1 Å². The van der Waals surface area contributed by atoms with Crippen molar-refractivity contribution in [1.29, 1.82) is 0 Å². The van der Waals surface area contributed by atoms with E-state index in [0.29, 0.717) is 0 Å². The number of nitrogens with one attached hydrogen (secondary N) is 1. The van der Waals surface area contributed by atoms with Gasteiger partial charge < -0.3 is 5.32 Å². The third kappa shape index (κ3) is 2.99. The number of pyridine rings is 1. The van der Waals surface area contributed by atoms with Crippen molar-refractivity contribution >= 4 is 22.4 Å². The van der Waals surface area contributed by atoms with E-state index in [1.807, 2.05) is 12.1 Å². The molecule has 2 heteroatoms. The molecule has 4 aromatic rings. The molecule has 1 N–H and O–H groups in total. The highest BCUT2D eigenvalue weighted by Gasteiger charge is 2.08. The molecule has 0 bridgehead atoms. The molecule has 0 spiro atoms. The number of rotatable bonds is 3. The van der Waals surface area contributed by atoms with Crippen LogP contribution in [0.1, 0.15) is 11.1 Å². The minimum absolute atomic E-state index is 0.920. The Morgan fingerprint density at radius 3 is 2.04 bits per heavy atom. The Bertz CT molecular complexity index is 1020. The number of para-hydroxylation sites is 1. The number of benzene rings is 3. The van der Waals surface area contributed by atoms with Crippen molar-refractivity contribution in [2.45, 2.75) is 13.8 Å². The molecular weight excluding hydrogens is 304 g/mol. The van der Waals surface area contributed by atoms with Crippen molar-refractivity contribution in [1.82, 2.24) is 4.98 Å². The molecule has 0 radical (unpaired) electrons. The van der Waals surface area contributed by atoms with E-state index in [0.717, 1.165) is 17.0 Å². The third-order valence-electron chi connectivity index (χ3n) is 4.71. The fourth-order valence-corrected chi connectivity index (χ4v) is 3.11. The summed E-state index contributed by atoms with van der Waals surface area (Å²) in [7, 11) is 0. The predicted molar refractivity (Wildman–Crippen MR) is 106 cm³/mol. The lowest BCUT2D eigenvalue weighted by atomic mass is 10.0. The zero-order valence-corrected chi connectivity index (χ0v) is 14.5. The summed E-state index contributed by atoms with van der Waals surface area (Å²) in [4.78, 5) is 4.80. The fraction of sp³-hybridized carbons (Fsp3) is 0.0870. The SMILES string of the molecule is Cc1c(Nc2ccc(-c3ccccc3)cc2)nc2ccccc2c1C. The first-order chi connectivity index (χ1) is 12.2. The number of hydrogen-bond acceptors (Lipinski definition) is 2. The quantitative estimate of drug-likeness (QED) is 0.481. The van der Waals surface area contributed by atoms with E-state index in [1.165, 1.54) is 27.6 Å². The summed E-state index contributed by atoms with van der Waals surface area (Å²) in [5, 5.41) is 4.69. The van der Waals surface area contributed by atoms with Gasteiger partial charge in [0.2, 0.25) is 0 Å². The standard InChI is InChI=1S/C23H20N2/c1-16-17(2)23(25-22-11-7-6-10-21(16)22)24-20-14-12-19(13-15-20)18-8-4-3-5-9-18/h3-15H,1-2H3,(H,24,25). The molecule has 0 aliphatic rings. The maximum atomic E-state index is 4.80. The van der Waals surface area contributed by atoms with E-state index >= 15 is 0 Å². The number of hydrogen-bond donors (Lipinski definition) is 1. The van der Waals surface area contributed by atoms with Gasteiger partial charge >= 0.3 is 0 Å². The molecule has 0 atom stereocenters. The van der Waals surface area contributed by atoms with Gasteiger partial charge in [0.25, 0.3) is 0 Å². The summed E-state index contributed by atoms with van der Waals surface area (Å²) in [6.07, 6.45) is 0. The number of anilines is 2. The Hall–Kier alpha value is -3.13. The van der Waals surface area contributed by atoms with Gasteiger partial charge in [-0.1, -0.05) is 60.7 Å². The van der Waals surface area contributed by atoms with E-state index in [4.69, 9.17) is 4.98 Å². The minimum Gasteiger partial charge on any atom is -0.340 e. The highest BCUT2D eigenvalue weighted by Crippen LogP contribution is 2.28. The van der Waals surface area contributed by atoms with E-state index < -0.39 is 0 Å². The van der Waals surface area contributed by atoms with Crippen LogP contribution in [-0.4, -0.2) is 4.98 Å². The lowest BCUT2D eigenvalue weighted by molar-refractivity contribution is 1.26. The van der Waals surface area contributed by atoms with Crippen LogP contribution in [0, 0.1) is 13.8 Å². The topological polar surface area (TPSA) is 24.9 Å². The Kier molecular flexibility index (Phi) is 3.95. The van der Waals surface area contributed by atoms with Gasteiger partial charge in [-0.2, -0.15) is 0 Å². The second-order valence-electron chi connectivity index (χ2n) is 6.30. The van der Waals surface area contributed by atoms with Gasteiger partial charge in [-0.05, 0) is 54.3 Å². The smallest absolute Gasteiger partial charge is 0.134 e. The molecule has 1 heterocycles.